The monoisotopic (exact) mass is 399 g/mol. The van der Waals surface area contributed by atoms with Crippen molar-refractivity contribution < 1.29 is 29.0 Å². The first-order chi connectivity index (χ1) is 14.0. The Morgan fingerprint density at radius 3 is 2.48 bits per heavy atom. The van der Waals surface area contributed by atoms with Gasteiger partial charge in [0.05, 0.1) is 0 Å². The lowest BCUT2D eigenvalue weighted by molar-refractivity contribution is -0.137. The molecular weight excluding hydrogens is 374 g/mol. The molecule has 29 heavy (non-hydrogen) atoms. The zero-order chi connectivity index (χ0) is 21.1. The Hall–Kier alpha value is -3.35. The molecule has 0 heterocycles. The van der Waals surface area contributed by atoms with Crippen molar-refractivity contribution in [1.82, 2.24) is 0 Å². The predicted molar refractivity (Wildman–Crippen MR) is 108 cm³/mol. The summed E-state index contributed by atoms with van der Waals surface area (Å²) >= 11 is 0. The molecule has 2 N–H and O–H groups in total. The van der Waals surface area contributed by atoms with Gasteiger partial charge in [0.15, 0.2) is 0 Å². The van der Waals surface area contributed by atoms with E-state index in [2.05, 4.69) is 5.32 Å². The van der Waals surface area contributed by atoms with E-state index < -0.39 is 12.1 Å². The van der Waals surface area contributed by atoms with Crippen LogP contribution < -0.4 is 10.1 Å². The van der Waals surface area contributed by atoms with E-state index in [0.717, 1.165) is 5.56 Å². The number of amides is 1. The number of nitrogens with one attached hydrogen (secondary N) is 1. The average molecular weight is 399 g/mol. The Morgan fingerprint density at radius 1 is 1.03 bits per heavy atom. The predicted octanol–water partition coefficient (Wildman–Crippen LogP) is 4.55. The first kappa shape index (κ1) is 21.9. The Labute approximate surface area is 169 Å². The molecule has 0 aromatic heterocycles. The van der Waals surface area contributed by atoms with Crippen LogP contribution in [0.15, 0.2) is 48.5 Å². The van der Waals surface area contributed by atoms with Crippen LogP contribution in [0.2, 0.25) is 0 Å². The first-order valence-corrected chi connectivity index (χ1v) is 9.51. The van der Waals surface area contributed by atoms with Crippen LogP contribution in [-0.4, -0.2) is 23.1 Å². The molecule has 2 aromatic rings. The van der Waals surface area contributed by atoms with Crippen molar-refractivity contribution >= 4 is 23.7 Å². The van der Waals surface area contributed by atoms with E-state index in [1.165, 1.54) is 0 Å². The maximum absolute atomic E-state index is 12.2. The van der Waals surface area contributed by atoms with Gasteiger partial charge in [-0.1, -0.05) is 37.3 Å². The Kier molecular flexibility index (Phi) is 8.69. The minimum atomic E-state index is -0.896. The smallest absolute Gasteiger partial charge is 0.411 e. The fraction of sp³-hybridized carbons (Fsp3) is 0.318. The molecule has 1 amide bonds. The van der Waals surface area contributed by atoms with Crippen LogP contribution in [0.3, 0.4) is 0 Å². The van der Waals surface area contributed by atoms with Crippen LogP contribution in [0.5, 0.6) is 5.75 Å². The van der Waals surface area contributed by atoms with Crippen LogP contribution in [-0.2, 0) is 27.4 Å². The van der Waals surface area contributed by atoms with Crippen molar-refractivity contribution in [2.75, 3.05) is 5.32 Å². The Bertz CT molecular complexity index is 834. The van der Waals surface area contributed by atoms with Crippen molar-refractivity contribution in [3.05, 3.63) is 59.7 Å². The molecule has 7 nitrogen and oxygen atoms in total. The van der Waals surface area contributed by atoms with E-state index in [1.807, 2.05) is 37.3 Å². The van der Waals surface area contributed by atoms with Crippen molar-refractivity contribution in [1.29, 1.82) is 0 Å². The highest BCUT2D eigenvalue weighted by Gasteiger charge is 2.12. The SMILES string of the molecule is CCCC(=O)Oc1ccc(NC(=O)OCc2ccccc2)c(CCCC(=O)O)c1. The highest BCUT2D eigenvalue weighted by molar-refractivity contribution is 5.86. The summed E-state index contributed by atoms with van der Waals surface area (Å²) in [6, 6.07) is 14.1. The van der Waals surface area contributed by atoms with E-state index >= 15 is 0 Å². The number of esters is 1. The van der Waals surface area contributed by atoms with E-state index in [9.17, 15) is 14.4 Å². The zero-order valence-corrected chi connectivity index (χ0v) is 16.3. The van der Waals surface area contributed by atoms with Gasteiger partial charge in [-0.15, -0.1) is 0 Å². The van der Waals surface area contributed by atoms with Gasteiger partial charge in [-0.2, -0.15) is 0 Å². The summed E-state index contributed by atoms with van der Waals surface area (Å²) in [5.41, 5.74) is 2.02. The molecule has 0 radical (unpaired) electrons. The van der Waals surface area contributed by atoms with Gasteiger partial charge < -0.3 is 14.6 Å². The number of carboxylic acids is 1. The molecule has 0 bridgehead atoms. The van der Waals surface area contributed by atoms with Gasteiger partial charge in [0.25, 0.3) is 0 Å². The van der Waals surface area contributed by atoms with Crippen LogP contribution >= 0.6 is 0 Å². The van der Waals surface area contributed by atoms with E-state index in [4.69, 9.17) is 14.6 Å². The van der Waals surface area contributed by atoms with Crippen LogP contribution in [0.4, 0.5) is 10.5 Å². The van der Waals surface area contributed by atoms with Crippen LogP contribution in [0.25, 0.3) is 0 Å². The third kappa shape index (κ3) is 8.04. The molecule has 0 unspecified atom stereocenters. The molecule has 154 valence electrons. The van der Waals surface area contributed by atoms with Gasteiger partial charge in [0.1, 0.15) is 12.4 Å². The number of benzene rings is 2. The van der Waals surface area contributed by atoms with E-state index in [1.54, 1.807) is 18.2 Å². The van der Waals surface area contributed by atoms with Crippen molar-refractivity contribution in [3.63, 3.8) is 0 Å². The maximum Gasteiger partial charge on any atom is 0.411 e. The second-order valence-corrected chi connectivity index (χ2v) is 6.48. The summed E-state index contributed by atoms with van der Waals surface area (Å²) in [4.78, 5) is 34.7. The summed E-state index contributed by atoms with van der Waals surface area (Å²) in [6.07, 6.45) is 1.15. The van der Waals surface area contributed by atoms with Gasteiger partial charge in [-0.05, 0) is 48.6 Å². The van der Waals surface area contributed by atoms with Gasteiger partial charge in [-0.25, -0.2) is 4.79 Å². The van der Waals surface area contributed by atoms with Crippen molar-refractivity contribution in [2.45, 2.75) is 45.6 Å². The molecule has 2 aromatic carbocycles. The Balaban J connectivity index is 2.05. The second kappa shape index (κ2) is 11.5. The summed E-state index contributed by atoms with van der Waals surface area (Å²) in [5, 5.41) is 11.5. The lowest BCUT2D eigenvalue weighted by Crippen LogP contribution is -2.15. The summed E-state index contributed by atoms with van der Waals surface area (Å²) in [5.74, 6) is -0.878. The number of ether oxygens (including phenoxy) is 2. The van der Waals surface area contributed by atoms with Gasteiger partial charge in [-0.3, -0.25) is 14.9 Å². The second-order valence-electron chi connectivity index (χ2n) is 6.48. The fourth-order valence-electron chi connectivity index (χ4n) is 2.65. The minimum absolute atomic E-state index is 0.00224. The quantitative estimate of drug-likeness (QED) is 0.449. The van der Waals surface area contributed by atoms with Crippen LogP contribution in [0.1, 0.15) is 43.7 Å². The van der Waals surface area contributed by atoms with Crippen molar-refractivity contribution in [3.8, 4) is 5.75 Å². The Morgan fingerprint density at radius 2 is 1.79 bits per heavy atom. The highest BCUT2D eigenvalue weighted by atomic mass is 16.5. The highest BCUT2D eigenvalue weighted by Crippen LogP contribution is 2.25. The van der Waals surface area contributed by atoms with Gasteiger partial charge in [0.2, 0.25) is 0 Å². The molecule has 0 saturated carbocycles. The van der Waals surface area contributed by atoms with Crippen LogP contribution in [0, 0.1) is 0 Å². The third-order valence-electron chi connectivity index (χ3n) is 4.05. The molecule has 0 aliphatic heterocycles. The topological polar surface area (TPSA) is 102 Å². The lowest BCUT2D eigenvalue weighted by Gasteiger charge is -2.13. The summed E-state index contributed by atoms with van der Waals surface area (Å²) in [7, 11) is 0. The number of rotatable bonds is 10. The van der Waals surface area contributed by atoms with Gasteiger partial charge in [0, 0.05) is 18.5 Å². The number of carboxylic acid groups (broad SMARTS) is 1. The van der Waals surface area contributed by atoms with E-state index in [0.29, 0.717) is 42.7 Å². The number of hydrogen-bond acceptors (Lipinski definition) is 5. The van der Waals surface area contributed by atoms with Crippen molar-refractivity contribution in [2.24, 2.45) is 0 Å². The fourth-order valence-corrected chi connectivity index (χ4v) is 2.65. The van der Waals surface area contributed by atoms with Gasteiger partial charge >= 0.3 is 18.0 Å². The first-order valence-electron chi connectivity index (χ1n) is 9.51. The number of hydrogen-bond donors (Lipinski definition) is 2. The normalized spacial score (nSPS) is 10.2. The number of anilines is 1. The molecular formula is C22H25NO6. The average Bonchev–Trinajstić information content (AvgIpc) is 2.69. The molecule has 0 fully saturated rings. The van der Waals surface area contributed by atoms with E-state index in [-0.39, 0.29) is 19.0 Å². The lowest BCUT2D eigenvalue weighted by atomic mass is 10.1. The number of aliphatic carboxylic acids is 1. The molecule has 0 spiro atoms. The molecule has 0 atom stereocenters. The largest absolute Gasteiger partial charge is 0.481 e. The summed E-state index contributed by atoms with van der Waals surface area (Å²) in [6.45, 7) is 2.01. The molecule has 0 aliphatic rings. The molecule has 0 aliphatic carbocycles. The summed E-state index contributed by atoms with van der Waals surface area (Å²) < 4.78 is 10.5. The molecule has 0 saturated heterocycles. The molecule has 7 heteroatoms. The zero-order valence-electron chi connectivity index (χ0n) is 16.3. The maximum atomic E-state index is 12.2. The number of aryl methyl sites for hydroxylation is 1. The third-order valence-corrected chi connectivity index (χ3v) is 4.05. The minimum Gasteiger partial charge on any atom is -0.481 e. The number of carbonyl (C=O) groups is 3. The number of carbonyl (C=O) groups excluding carboxylic acids is 2. The standard InChI is InChI=1S/C22H25NO6/c1-2-7-21(26)29-18-12-13-19(17(14-18)10-6-11-20(24)25)23-22(27)28-15-16-8-4-3-5-9-16/h3-5,8-9,12-14H,2,6-7,10-11,15H2,1H3,(H,23,27)(H,24,25). The molecule has 2 rings (SSSR count).